The summed E-state index contributed by atoms with van der Waals surface area (Å²) < 4.78 is 28.6. The van der Waals surface area contributed by atoms with Gasteiger partial charge in [0.1, 0.15) is 5.82 Å². The van der Waals surface area contributed by atoms with E-state index in [1.807, 2.05) is 24.3 Å². The predicted octanol–water partition coefficient (Wildman–Crippen LogP) is 3.72. The molecule has 2 aromatic rings. The predicted molar refractivity (Wildman–Crippen MR) is 89.2 cm³/mol. The molecule has 23 heavy (non-hydrogen) atoms. The smallest absolute Gasteiger partial charge is 0.377 e. The van der Waals surface area contributed by atoms with E-state index in [1.54, 1.807) is 17.8 Å². The Morgan fingerprint density at radius 1 is 1.39 bits per heavy atom. The number of imidazole rings is 1. The molecular weight excluding hydrogens is 367 g/mol. The van der Waals surface area contributed by atoms with Crippen molar-refractivity contribution >= 4 is 23.0 Å². The van der Waals surface area contributed by atoms with Gasteiger partial charge < -0.3 is 14.8 Å². The Kier molecular flexibility index (Phi) is 4.57. The fourth-order valence-electron chi connectivity index (χ4n) is 2.93. The van der Waals surface area contributed by atoms with Crippen molar-refractivity contribution in [2.75, 3.05) is 6.54 Å². The molecule has 0 radical (unpaired) electrons. The number of rotatable bonds is 3. The van der Waals surface area contributed by atoms with Gasteiger partial charge in [-0.3, -0.25) is 0 Å². The second-order valence-corrected chi connectivity index (χ2v) is 6.80. The number of H-pyrrole nitrogens is 1. The van der Waals surface area contributed by atoms with Crippen LogP contribution in [0.15, 0.2) is 34.9 Å². The van der Waals surface area contributed by atoms with Gasteiger partial charge in [0.25, 0.3) is 5.92 Å². The van der Waals surface area contributed by atoms with Crippen molar-refractivity contribution in [2.45, 2.75) is 31.6 Å². The number of hydrogen-bond acceptors (Lipinski definition) is 3. The van der Waals surface area contributed by atoms with Gasteiger partial charge in [0.15, 0.2) is 0 Å². The third kappa shape index (κ3) is 3.64. The second-order valence-electron chi connectivity index (χ2n) is 5.88. The van der Waals surface area contributed by atoms with Crippen LogP contribution in [-0.4, -0.2) is 39.3 Å². The van der Waals surface area contributed by atoms with Gasteiger partial charge in [0.2, 0.25) is 0 Å². The van der Waals surface area contributed by atoms with Crippen LogP contribution in [0.1, 0.15) is 24.7 Å². The summed E-state index contributed by atoms with van der Waals surface area (Å²) in [4.78, 5) is 9.07. The van der Waals surface area contributed by atoms with Crippen LogP contribution in [0.4, 0.5) is 8.78 Å². The lowest BCUT2D eigenvalue weighted by molar-refractivity contribution is -0.0654. The summed E-state index contributed by atoms with van der Waals surface area (Å²) in [7, 11) is -0.794. The van der Waals surface area contributed by atoms with Gasteiger partial charge in [-0.2, -0.15) is 0 Å². The highest BCUT2D eigenvalue weighted by Gasteiger charge is 2.44. The van der Waals surface area contributed by atoms with E-state index in [0.29, 0.717) is 5.82 Å². The summed E-state index contributed by atoms with van der Waals surface area (Å²) in [5.74, 6) is -2.27. The normalized spacial score (nSPS) is 21.3. The zero-order valence-electron chi connectivity index (χ0n) is 12.6. The van der Waals surface area contributed by atoms with E-state index >= 15 is 0 Å². The monoisotopic (exact) mass is 383 g/mol. The maximum atomic E-state index is 13.8. The Hall–Kier alpha value is -1.25. The summed E-state index contributed by atoms with van der Waals surface area (Å²) in [6.07, 6.45) is 1.06. The van der Waals surface area contributed by atoms with E-state index in [1.165, 1.54) is 0 Å². The standard InChI is InChI=1S/C15H17BBrF2N3O/c1-16(23)22-7-6-15(18,19)8-13(22)14-20-9-12(21-14)10-2-4-11(17)5-3-10/h2-5,9,13,23H,6-8H2,1H3,(H,20,21)/t13-/m0/s1. The number of nitrogens with one attached hydrogen (secondary N) is 1. The summed E-state index contributed by atoms with van der Waals surface area (Å²) in [6, 6.07) is 7.04. The van der Waals surface area contributed by atoms with Gasteiger partial charge >= 0.3 is 7.05 Å². The molecule has 0 bridgehead atoms. The summed E-state index contributed by atoms with van der Waals surface area (Å²) in [6.45, 7) is 1.73. The van der Waals surface area contributed by atoms with E-state index in [2.05, 4.69) is 25.9 Å². The summed E-state index contributed by atoms with van der Waals surface area (Å²) >= 11 is 3.38. The van der Waals surface area contributed by atoms with Gasteiger partial charge in [0.05, 0.1) is 17.9 Å². The zero-order valence-corrected chi connectivity index (χ0v) is 14.2. The van der Waals surface area contributed by atoms with Crippen molar-refractivity contribution in [2.24, 2.45) is 0 Å². The molecule has 0 spiro atoms. The Morgan fingerprint density at radius 2 is 2.09 bits per heavy atom. The largest absolute Gasteiger partial charge is 0.437 e. The van der Waals surface area contributed by atoms with Crippen molar-refractivity contribution in [3.8, 4) is 11.3 Å². The molecule has 1 aromatic carbocycles. The molecule has 3 rings (SSSR count). The molecule has 1 aliphatic rings. The molecule has 0 aliphatic carbocycles. The minimum Gasteiger partial charge on any atom is -0.437 e. The molecule has 122 valence electrons. The molecular formula is C15H17BBrF2N3O. The molecule has 1 atom stereocenters. The van der Waals surface area contributed by atoms with Crippen LogP contribution in [0.25, 0.3) is 11.3 Å². The number of nitrogens with zero attached hydrogens (tertiary/aromatic N) is 2. The number of hydrogen-bond donors (Lipinski definition) is 2. The Morgan fingerprint density at radius 3 is 2.74 bits per heavy atom. The topological polar surface area (TPSA) is 52.1 Å². The quantitative estimate of drug-likeness (QED) is 0.794. The Bertz CT molecular complexity index is 678. The maximum Gasteiger partial charge on any atom is 0.377 e. The van der Waals surface area contributed by atoms with Crippen molar-refractivity contribution in [3.63, 3.8) is 0 Å². The first-order valence-electron chi connectivity index (χ1n) is 7.48. The van der Waals surface area contributed by atoms with Gasteiger partial charge in [-0.15, -0.1) is 0 Å². The lowest BCUT2D eigenvalue weighted by Gasteiger charge is -2.39. The van der Waals surface area contributed by atoms with Gasteiger partial charge in [0, 0.05) is 17.3 Å². The minimum absolute atomic E-state index is 0.143. The van der Waals surface area contributed by atoms with E-state index in [9.17, 15) is 13.8 Å². The molecule has 0 amide bonds. The third-order valence-electron chi connectivity index (χ3n) is 4.17. The van der Waals surface area contributed by atoms with Crippen molar-refractivity contribution in [3.05, 3.63) is 40.8 Å². The number of aromatic amines is 1. The number of benzene rings is 1. The van der Waals surface area contributed by atoms with Crippen molar-refractivity contribution in [1.29, 1.82) is 0 Å². The lowest BCUT2D eigenvalue weighted by atomic mass is 9.79. The lowest BCUT2D eigenvalue weighted by Crippen LogP contribution is -2.48. The van der Waals surface area contributed by atoms with Crippen LogP contribution in [0, 0.1) is 0 Å². The van der Waals surface area contributed by atoms with Crippen LogP contribution < -0.4 is 0 Å². The van der Waals surface area contributed by atoms with Crippen LogP contribution in [0.5, 0.6) is 0 Å². The number of halogens is 3. The SMILES string of the molecule is CB(O)N1CCC(F)(F)C[C@H]1c1ncc(-c2ccc(Br)cc2)[nH]1. The molecule has 1 aliphatic heterocycles. The summed E-state index contributed by atoms with van der Waals surface area (Å²) in [5, 5.41) is 9.87. The molecule has 4 nitrogen and oxygen atoms in total. The van der Waals surface area contributed by atoms with Crippen molar-refractivity contribution in [1.82, 2.24) is 14.8 Å². The molecule has 2 N–H and O–H groups in total. The van der Waals surface area contributed by atoms with Crippen LogP contribution in [0.2, 0.25) is 6.82 Å². The molecule has 0 saturated carbocycles. The van der Waals surface area contributed by atoms with Crippen molar-refractivity contribution < 1.29 is 13.8 Å². The first-order valence-corrected chi connectivity index (χ1v) is 8.27. The van der Waals surface area contributed by atoms with E-state index < -0.39 is 19.0 Å². The molecule has 2 heterocycles. The highest BCUT2D eigenvalue weighted by atomic mass is 79.9. The van der Waals surface area contributed by atoms with E-state index in [0.717, 1.165) is 15.7 Å². The van der Waals surface area contributed by atoms with Gasteiger partial charge in [-0.05, 0) is 31.1 Å². The van der Waals surface area contributed by atoms with Gasteiger partial charge in [-0.25, -0.2) is 13.8 Å². The fourth-order valence-corrected chi connectivity index (χ4v) is 3.20. The first kappa shape index (κ1) is 16.6. The van der Waals surface area contributed by atoms with Crippen LogP contribution >= 0.6 is 15.9 Å². The van der Waals surface area contributed by atoms with Gasteiger partial charge in [-0.1, -0.05) is 28.1 Å². The zero-order chi connectivity index (χ0) is 16.6. The number of piperidine rings is 1. The average Bonchev–Trinajstić information content (AvgIpc) is 2.96. The minimum atomic E-state index is -2.74. The average molecular weight is 384 g/mol. The number of alkyl halides is 2. The highest BCUT2D eigenvalue weighted by Crippen LogP contribution is 2.39. The van der Waals surface area contributed by atoms with Crippen LogP contribution in [0.3, 0.4) is 0 Å². The number of aromatic nitrogens is 2. The maximum absolute atomic E-state index is 13.8. The fraction of sp³-hybridized carbons (Fsp3) is 0.400. The third-order valence-corrected chi connectivity index (χ3v) is 4.70. The second kappa shape index (κ2) is 6.34. The van der Waals surface area contributed by atoms with E-state index in [4.69, 9.17) is 0 Å². The molecule has 1 fully saturated rings. The molecule has 1 aromatic heterocycles. The summed E-state index contributed by atoms with van der Waals surface area (Å²) in [5.41, 5.74) is 1.70. The van der Waals surface area contributed by atoms with Crippen LogP contribution in [-0.2, 0) is 0 Å². The highest BCUT2D eigenvalue weighted by molar-refractivity contribution is 9.10. The van der Waals surface area contributed by atoms with E-state index in [-0.39, 0.29) is 19.4 Å². The first-order chi connectivity index (χ1) is 10.9. The molecule has 8 heteroatoms. The Labute approximate surface area is 142 Å². The Balaban J connectivity index is 1.89. The molecule has 1 saturated heterocycles. The molecule has 0 unspecified atom stereocenters.